The second kappa shape index (κ2) is 5.46. The Morgan fingerprint density at radius 1 is 1.56 bits per heavy atom. The number of hydrogen-bond acceptors (Lipinski definition) is 3. The number of benzene rings is 1. The van der Waals surface area contributed by atoms with Crippen molar-refractivity contribution in [1.82, 2.24) is 0 Å². The van der Waals surface area contributed by atoms with E-state index in [0.717, 1.165) is 0 Å². The van der Waals surface area contributed by atoms with Gasteiger partial charge < -0.3 is 15.8 Å². The van der Waals surface area contributed by atoms with Crippen molar-refractivity contribution < 1.29 is 9.53 Å². The summed E-state index contributed by atoms with van der Waals surface area (Å²) in [5.41, 5.74) is 6.83. The molecule has 3 N–H and O–H groups in total. The maximum Gasteiger partial charge on any atom is 0.224 e. The highest BCUT2D eigenvalue weighted by atomic mass is 32.1. The first-order valence-corrected chi connectivity index (χ1v) is 5.27. The molecule has 1 aromatic carbocycles. The summed E-state index contributed by atoms with van der Waals surface area (Å²) in [6.07, 6.45) is 0.417. The van der Waals surface area contributed by atoms with E-state index in [9.17, 15) is 4.79 Å². The molecule has 0 radical (unpaired) electrons. The van der Waals surface area contributed by atoms with E-state index < -0.39 is 0 Å². The van der Waals surface area contributed by atoms with Crippen LogP contribution in [-0.4, -0.2) is 18.0 Å². The number of nitrogens with one attached hydrogen (secondary N) is 1. The zero-order valence-electron chi connectivity index (χ0n) is 9.24. The fourth-order valence-electron chi connectivity index (χ4n) is 1.19. The minimum Gasteiger partial charge on any atom is -0.495 e. The van der Waals surface area contributed by atoms with E-state index in [2.05, 4.69) is 5.32 Å². The fraction of sp³-hybridized carbons (Fsp3) is 0.273. The van der Waals surface area contributed by atoms with Crippen LogP contribution in [0.15, 0.2) is 18.2 Å². The molecule has 1 rings (SSSR count). The molecule has 0 fully saturated rings. The molecular weight excluding hydrogens is 224 g/mol. The zero-order valence-corrected chi connectivity index (χ0v) is 10.1. The van der Waals surface area contributed by atoms with Crippen molar-refractivity contribution in [2.24, 2.45) is 5.73 Å². The SMILES string of the molecule is CCC(=O)Nc1ccc(C(N)=S)cc1OC. The zero-order chi connectivity index (χ0) is 12.1. The summed E-state index contributed by atoms with van der Waals surface area (Å²) in [4.78, 5) is 11.5. The minimum absolute atomic E-state index is 0.0682. The van der Waals surface area contributed by atoms with Gasteiger partial charge in [0.2, 0.25) is 5.91 Å². The molecular formula is C11H14N2O2S. The first-order chi connectivity index (χ1) is 7.58. The Morgan fingerprint density at radius 3 is 2.75 bits per heavy atom. The molecule has 0 bridgehead atoms. The van der Waals surface area contributed by atoms with Crippen LogP contribution >= 0.6 is 12.2 Å². The van der Waals surface area contributed by atoms with Gasteiger partial charge in [0.05, 0.1) is 12.8 Å². The van der Waals surface area contributed by atoms with Crippen LogP contribution in [0.2, 0.25) is 0 Å². The third-order valence-electron chi connectivity index (χ3n) is 2.08. The average Bonchev–Trinajstić information content (AvgIpc) is 2.29. The Balaban J connectivity index is 3.02. The molecule has 4 nitrogen and oxygen atoms in total. The van der Waals surface area contributed by atoms with Crippen molar-refractivity contribution in [2.45, 2.75) is 13.3 Å². The molecule has 86 valence electrons. The standard InChI is InChI=1S/C11H14N2O2S/c1-3-10(14)13-8-5-4-7(11(12)16)6-9(8)15-2/h4-6H,3H2,1-2H3,(H2,12,16)(H,13,14). The maximum atomic E-state index is 11.3. The van der Waals surface area contributed by atoms with Crippen LogP contribution in [0.3, 0.4) is 0 Å². The lowest BCUT2D eigenvalue weighted by Crippen LogP contribution is -2.12. The summed E-state index contributed by atoms with van der Waals surface area (Å²) in [5, 5.41) is 2.73. The van der Waals surface area contributed by atoms with Gasteiger partial charge in [-0.1, -0.05) is 19.1 Å². The lowest BCUT2D eigenvalue weighted by Gasteiger charge is -2.10. The Hall–Kier alpha value is -1.62. The predicted octanol–water partition coefficient (Wildman–Crippen LogP) is 1.68. The number of rotatable bonds is 4. The topological polar surface area (TPSA) is 64.4 Å². The molecule has 0 saturated heterocycles. The number of thiocarbonyl (C=S) groups is 1. The monoisotopic (exact) mass is 238 g/mol. The Kier molecular flexibility index (Phi) is 4.25. The van der Waals surface area contributed by atoms with Gasteiger partial charge in [0.25, 0.3) is 0 Å². The highest BCUT2D eigenvalue weighted by Gasteiger charge is 2.07. The highest BCUT2D eigenvalue weighted by molar-refractivity contribution is 7.80. The van der Waals surface area contributed by atoms with E-state index in [1.54, 1.807) is 25.1 Å². The van der Waals surface area contributed by atoms with Crippen LogP contribution in [0.1, 0.15) is 18.9 Å². The molecule has 0 unspecified atom stereocenters. The third-order valence-corrected chi connectivity index (χ3v) is 2.32. The average molecular weight is 238 g/mol. The van der Waals surface area contributed by atoms with E-state index in [1.807, 2.05) is 0 Å². The molecule has 0 spiro atoms. The van der Waals surface area contributed by atoms with Gasteiger partial charge in [0.1, 0.15) is 10.7 Å². The van der Waals surface area contributed by atoms with E-state index in [1.165, 1.54) is 7.11 Å². The smallest absolute Gasteiger partial charge is 0.224 e. The van der Waals surface area contributed by atoms with Crippen LogP contribution in [0.5, 0.6) is 5.75 Å². The van der Waals surface area contributed by atoms with Gasteiger partial charge in [0.15, 0.2) is 0 Å². The number of carbonyl (C=O) groups excluding carboxylic acids is 1. The van der Waals surface area contributed by atoms with E-state index >= 15 is 0 Å². The lowest BCUT2D eigenvalue weighted by molar-refractivity contribution is -0.115. The number of hydrogen-bond donors (Lipinski definition) is 2. The van der Waals surface area contributed by atoms with E-state index in [-0.39, 0.29) is 5.91 Å². The van der Waals surface area contributed by atoms with Gasteiger partial charge in [0, 0.05) is 12.0 Å². The second-order valence-corrected chi connectivity index (χ2v) is 3.62. The van der Waals surface area contributed by atoms with Gasteiger partial charge >= 0.3 is 0 Å². The maximum absolute atomic E-state index is 11.3. The summed E-state index contributed by atoms with van der Waals surface area (Å²) in [5.74, 6) is 0.480. The van der Waals surface area contributed by atoms with Crippen molar-refractivity contribution in [3.05, 3.63) is 23.8 Å². The van der Waals surface area contributed by atoms with Crippen LogP contribution in [0.4, 0.5) is 5.69 Å². The highest BCUT2D eigenvalue weighted by Crippen LogP contribution is 2.25. The van der Waals surface area contributed by atoms with Gasteiger partial charge in [-0.15, -0.1) is 0 Å². The molecule has 0 atom stereocenters. The molecule has 5 heteroatoms. The Labute approximate surface area is 99.8 Å². The Bertz CT molecular complexity index is 418. The van der Waals surface area contributed by atoms with E-state index in [4.69, 9.17) is 22.7 Å². The lowest BCUT2D eigenvalue weighted by atomic mass is 10.2. The Morgan fingerprint density at radius 2 is 2.25 bits per heavy atom. The van der Waals surface area contributed by atoms with Crippen LogP contribution in [-0.2, 0) is 4.79 Å². The van der Waals surface area contributed by atoms with Crippen molar-refractivity contribution in [3.63, 3.8) is 0 Å². The first-order valence-electron chi connectivity index (χ1n) is 4.86. The molecule has 0 saturated carbocycles. The number of carbonyl (C=O) groups is 1. The van der Waals surface area contributed by atoms with Gasteiger partial charge in [-0.25, -0.2) is 0 Å². The second-order valence-electron chi connectivity index (χ2n) is 3.18. The summed E-state index contributed by atoms with van der Waals surface area (Å²) in [7, 11) is 1.53. The summed E-state index contributed by atoms with van der Waals surface area (Å²) >= 11 is 4.86. The number of amides is 1. The van der Waals surface area contributed by atoms with Gasteiger partial charge in [-0.2, -0.15) is 0 Å². The van der Waals surface area contributed by atoms with Crippen molar-refractivity contribution in [3.8, 4) is 5.75 Å². The number of methoxy groups -OCH3 is 1. The summed E-state index contributed by atoms with van der Waals surface area (Å²) < 4.78 is 5.15. The van der Waals surface area contributed by atoms with Crippen LogP contribution in [0.25, 0.3) is 0 Å². The summed E-state index contributed by atoms with van der Waals surface area (Å²) in [6.45, 7) is 1.78. The number of anilines is 1. The fourth-order valence-corrected chi connectivity index (χ4v) is 1.31. The largest absolute Gasteiger partial charge is 0.495 e. The molecule has 1 aromatic rings. The minimum atomic E-state index is -0.0682. The third kappa shape index (κ3) is 2.93. The molecule has 0 aliphatic rings. The molecule has 16 heavy (non-hydrogen) atoms. The molecule has 0 aliphatic heterocycles. The van der Waals surface area contributed by atoms with E-state index in [0.29, 0.717) is 28.4 Å². The number of nitrogens with two attached hydrogens (primary N) is 1. The summed E-state index contributed by atoms with van der Waals surface area (Å²) in [6, 6.07) is 5.17. The van der Waals surface area contributed by atoms with Gasteiger partial charge in [-0.3, -0.25) is 4.79 Å². The van der Waals surface area contributed by atoms with Gasteiger partial charge in [-0.05, 0) is 18.2 Å². The molecule has 0 aromatic heterocycles. The predicted molar refractivity (Wildman–Crippen MR) is 67.8 cm³/mol. The normalized spacial score (nSPS) is 9.62. The van der Waals surface area contributed by atoms with Crippen molar-refractivity contribution in [2.75, 3.05) is 12.4 Å². The first kappa shape index (κ1) is 12.4. The van der Waals surface area contributed by atoms with Crippen molar-refractivity contribution >= 4 is 28.8 Å². The molecule has 1 amide bonds. The quantitative estimate of drug-likeness (QED) is 0.783. The molecule has 0 aliphatic carbocycles. The van der Waals surface area contributed by atoms with Crippen LogP contribution in [0, 0.1) is 0 Å². The van der Waals surface area contributed by atoms with Crippen molar-refractivity contribution in [1.29, 1.82) is 0 Å². The molecule has 0 heterocycles. The number of ether oxygens (including phenoxy) is 1. The van der Waals surface area contributed by atoms with Crippen LogP contribution < -0.4 is 15.8 Å².